The maximum Gasteiger partial charge on any atom is -0.0230 e. The minimum absolute atomic E-state index is 1.12. The molecule has 12 heavy (non-hydrogen) atoms. The van der Waals surface area contributed by atoms with Crippen molar-refractivity contribution >= 4 is 6.08 Å². The topological polar surface area (TPSA) is 0 Å². The van der Waals surface area contributed by atoms with Gasteiger partial charge in [0.2, 0.25) is 0 Å². The minimum Gasteiger partial charge on any atom is -0.0871 e. The Balaban J connectivity index is 3.03. The van der Waals surface area contributed by atoms with Crippen LogP contribution in [0.4, 0.5) is 0 Å². The normalized spacial score (nSPS) is 10.9. The van der Waals surface area contributed by atoms with Gasteiger partial charge < -0.3 is 0 Å². The molecule has 64 valence electrons. The van der Waals surface area contributed by atoms with Crippen molar-refractivity contribution < 1.29 is 0 Å². The van der Waals surface area contributed by atoms with Crippen molar-refractivity contribution in [1.82, 2.24) is 0 Å². The Hall–Kier alpha value is -1.04. The van der Waals surface area contributed by atoms with Crippen molar-refractivity contribution in [1.29, 1.82) is 0 Å². The standard InChI is InChI=1S/C12H16/c1-4-6-12-8-7-11(5-2)9-10(12)3/h4,6-9H,5H2,1-3H3/b6-4+. The van der Waals surface area contributed by atoms with Crippen LogP contribution in [0, 0.1) is 6.92 Å². The molecule has 0 atom stereocenters. The summed E-state index contributed by atoms with van der Waals surface area (Å²) in [6.45, 7) is 6.39. The minimum atomic E-state index is 1.12. The number of hydrogen-bond donors (Lipinski definition) is 0. The van der Waals surface area contributed by atoms with Gasteiger partial charge in [-0.05, 0) is 37.0 Å². The van der Waals surface area contributed by atoms with Gasteiger partial charge in [-0.2, -0.15) is 0 Å². The summed E-state index contributed by atoms with van der Waals surface area (Å²) < 4.78 is 0. The number of rotatable bonds is 2. The second-order valence-corrected chi connectivity index (χ2v) is 3.04. The van der Waals surface area contributed by atoms with Crippen LogP contribution in [0.3, 0.4) is 0 Å². The largest absolute Gasteiger partial charge is 0.0871 e. The average Bonchev–Trinajstić information content (AvgIpc) is 2.09. The van der Waals surface area contributed by atoms with Crippen LogP contribution in [0.2, 0.25) is 0 Å². The molecule has 0 radical (unpaired) electrons. The van der Waals surface area contributed by atoms with Crippen LogP contribution < -0.4 is 0 Å². The molecule has 0 unspecified atom stereocenters. The molecule has 0 bridgehead atoms. The highest BCUT2D eigenvalue weighted by molar-refractivity contribution is 5.53. The van der Waals surface area contributed by atoms with Crippen LogP contribution in [-0.4, -0.2) is 0 Å². The van der Waals surface area contributed by atoms with Gasteiger partial charge >= 0.3 is 0 Å². The molecule has 1 rings (SSSR count). The van der Waals surface area contributed by atoms with Gasteiger partial charge in [-0.15, -0.1) is 0 Å². The molecule has 0 aliphatic heterocycles. The Kier molecular flexibility index (Phi) is 3.09. The van der Waals surface area contributed by atoms with Gasteiger partial charge in [0.15, 0.2) is 0 Å². The Morgan fingerprint density at radius 3 is 2.58 bits per heavy atom. The smallest absolute Gasteiger partial charge is 0.0230 e. The first-order valence-corrected chi connectivity index (χ1v) is 4.50. The Morgan fingerprint density at radius 1 is 1.33 bits per heavy atom. The van der Waals surface area contributed by atoms with E-state index in [1.165, 1.54) is 16.7 Å². The van der Waals surface area contributed by atoms with E-state index < -0.39 is 0 Å². The Labute approximate surface area is 74.9 Å². The van der Waals surface area contributed by atoms with Gasteiger partial charge in [0.05, 0.1) is 0 Å². The second kappa shape index (κ2) is 4.10. The molecule has 0 saturated heterocycles. The molecule has 0 heterocycles. The first-order chi connectivity index (χ1) is 5.77. The van der Waals surface area contributed by atoms with E-state index in [1.807, 2.05) is 6.92 Å². The summed E-state index contributed by atoms with van der Waals surface area (Å²) >= 11 is 0. The van der Waals surface area contributed by atoms with Gasteiger partial charge in [0.25, 0.3) is 0 Å². The van der Waals surface area contributed by atoms with Crippen LogP contribution in [-0.2, 0) is 6.42 Å². The lowest BCUT2D eigenvalue weighted by Crippen LogP contribution is -1.84. The number of hydrogen-bond acceptors (Lipinski definition) is 0. The van der Waals surface area contributed by atoms with Gasteiger partial charge in [0.1, 0.15) is 0 Å². The summed E-state index contributed by atoms with van der Waals surface area (Å²) in [5, 5.41) is 0. The second-order valence-electron chi connectivity index (χ2n) is 3.04. The first kappa shape index (κ1) is 9.05. The zero-order valence-electron chi connectivity index (χ0n) is 8.09. The third-order valence-electron chi connectivity index (χ3n) is 2.09. The molecule has 0 fully saturated rings. The highest BCUT2D eigenvalue weighted by Gasteiger charge is 1.94. The lowest BCUT2D eigenvalue weighted by Gasteiger charge is -2.02. The highest BCUT2D eigenvalue weighted by Crippen LogP contribution is 2.12. The van der Waals surface area contributed by atoms with Crippen LogP contribution >= 0.6 is 0 Å². The molecule has 0 aliphatic carbocycles. The predicted molar refractivity (Wildman–Crippen MR) is 55.3 cm³/mol. The van der Waals surface area contributed by atoms with E-state index in [4.69, 9.17) is 0 Å². The first-order valence-electron chi connectivity index (χ1n) is 4.50. The molecule has 0 nitrogen and oxygen atoms in total. The molecular formula is C12H16. The van der Waals surface area contributed by atoms with E-state index in [0.717, 1.165) is 6.42 Å². The summed E-state index contributed by atoms with van der Waals surface area (Å²) in [6, 6.07) is 6.64. The lowest BCUT2D eigenvalue weighted by atomic mass is 10.0. The molecule has 1 aromatic carbocycles. The van der Waals surface area contributed by atoms with E-state index in [9.17, 15) is 0 Å². The molecule has 0 N–H and O–H groups in total. The zero-order chi connectivity index (χ0) is 8.97. The van der Waals surface area contributed by atoms with E-state index in [0.29, 0.717) is 0 Å². The molecule has 0 aliphatic rings. The van der Waals surface area contributed by atoms with Gasteiger partial charge in [-0.3, -0.25) is 0 Å². The number of aryl methyl sites for hydroxylation is 2. The maximum atomic E-state index is 2.26. The fourth-order valence-electron chi connectivity index (χ4n) is 1.32. The third-order valence-corrected chi connectivity index (χ3v) is 2.09. The molecule has 0 aromatic heterocycles. The van der Waals surface area contributed by atoms with Crippen molar-refractivity contribution in [2.24, 2.45) is 0 Å². The van der Waals surface area contributed by atoms with Gasteiger partial charge in [-0.25, -0.2) is 0 Å². The lowest BCUT2D eigenvalue weighted by molar-refractivity contribution is 1.13. The average molecular weight is 160 g/mol. The van der Waals surface area contributed by atoms with E-state index in [1.54, 1.807) is 0 Å². The van der Waals surface area contributed by atoms with E-state index in [-0.39, 0.29) is 0 Å². The summed E-state index contributed by atoms with van der Waals surface area (Å²) in [5.74, 6) is 0. The summed E-state index contributed by atoms with van der Waals surface area (Å²) in [6.07, 6.45) is 5.35. The molecular weight excluding hydrogens is 144 g/mol. The zero-order valence-corrected chi connectivity index (χ0v) is 8.09. The summed E-state index contributed by atoms with van der Waals surface area (Å²) in [7, 11) is 0. The van der Waals surface area contributed by atoms with Crippen molar-refractivity contribution in [2.75, 3.05) is 0 Å². The van der Waals surface area contributed by atoms with Crippen LogP contribution in [0.15, 0.2) is 24.3 Å². The predicted octanol–water partition coefficient (Wildman–Crippen LogP) is 3.59. The third kappa shape index (κ3) is 1.97. The molecule has 0 spiro atoms. The molecule has 0 saturated carbocycles. The van der Waals surface area contributed by atoms with Crippen LogP contribution in [0.1, 0.15) is 30.5 Å². The van der Waals surface area contributed by atoms with Crippen molar-refractivity contribution in [3.8, 4) is 0 Å². The maximum absolute atomic E-state index is 2.26. The highest BCUT2D eigenvalue weighted by atomic mass is 14.0. The Morgan fingerprint density at radius 2 is 2.08 bits per heavy atom. The Bertz CT molecular complexity index is 282. The number of allylic oxidation sites excluding steroid dienone is 1. The summed E-state index contributed by atoms with van der Waals surface area (Å²) in [5.41, 5.74) is 4.11. The van der Waals surface area contributed by atoms with E-state index >= 15 is 0 Å². The monoisotopic (exact) mass is 160 g/mol. The van der Waals surface area contributed by atoms with Crippen molar-refractivity contribution in [3.63, 3.8) is 0 Å². The summed E-state index contributed by atoms with van der Waals surface area (Å²) in [4.78, 5) is 0. The molecule has 0 amide bonds. The van der Waals surface area contributed by atoms with Gasteiger partial charge in [-0.1, -0.05) is 37.3 Å². The van der Waals surface area contributed by atoms with E-state index in [2.05, 4.69) is 44.2 Å². The molecule has 1 aromatic rings. The number of benzene rings is 1. The van der Waals surface area contributed by atoms with Crippen LogP contribution in [0.5, 0.6) is 0 Å². The van der Waals surface area contributed by atoms with Crippen molar-refractivity contribution in [2.45, 2.75) is 27.2 Å². The SMILES string of the molecule is C/C=C/c1ccc(CC)cc1C. The molecule has 0 heteroatoms. The van der Waals surface area contributed by atoms with Crippen molar-refractivity contribution in [3.05, 3.63) is 41.0 Å². The van der Waals surface area contributed by atoms with Crippen LogP contribution in [0.25, 0.3) is 6.08 Å². The quantitative estimate of drug-likeness (QED) is 0.620. The fraction of sp³-hybridized carbons (Fsp3) is 0.333. The van der Waals surface area contributed by atoms with Gasteiger partial charge in [0, 0.05) is 0 Å². The fourth-order valence-corrected chi connectivity index (χ4v) is 1.32.